The molecule has 58 valence electrons. The zero-order valence-corrected chi connectivity index (χ0v) is 6.45. The van der Waals surface area contributed by atoms with Crippen molar-refractivity contribution in [3.05, 3.63) is 17.5 Å². The highest BCUT2D eigenvalue weighted by molar-refractivity contribution is 5.72. The maximum absolute atomic E-state index is 10.4. The van der Waals surface area contributed by atoms with Gasteiger partial charge in [0, 0.05) is 13.0 Å². The van der Waals surface area contributed by atoms with Crippen LogP contribution >= 0.6 is 0 Å². The van der Waals surface area contributed by atoms with E-state index in [1.165, 1.54) is 12.8 Å². The van der Waals surface area contributed by atoms with Gasteiger partial charge >= 0.3 is 0 Å². The molecular weight excluding hydrogens is 140 g/mol. The molecule has 0 bridgehead atoms. The van der Waals surface area contributed by atoms with E-state index in [0.29, 0.717) is 11.6 Å². The van der Waals surface area contributed by atoms with Crippen LogP contribution in [-0.2, 0) is 7.05 Å². The molecule has 0 aliphatic heterocycles. The van der Waals surface area contributed by atoms with E-state index in [2.05, 4.69) is 5.10 Å². The second-order valence-electron chi connectivity index (χ2n) is 3.01. The molecule has 1 aromatic rings. The standard InChI is InChI=1S/C8H10N2O/c1-10-7(5-11)4-8(9-10)6-2-3-6/h4-6H,2-3H2,1H3. The van der Waals surface area contributed by atoms with Crippen LogP contribution in [0.1, 0.15) is 34.9 Å². The molecule has 0 aromatic carbocycles. The maximum Gasteiger partial charge on any atom is 0.168 e. The van der Waals surface area contributed by atoms with Crippen molar-refractivity contribution < 1.29 is 4.79 Å². The highest BCUT2D eigenvalue weighted by Crippen LogP contribution is 2.39. The van der Waals surface area contributed by atoms with Crippen LogP contribution < -0.4 is 0 Å². The highest BCUT2D eigenvalue weighted by atomic mass is 16.1. The third kappa shape index (κ3) is 1.06. The lowest BCUT2D eigenvalue weighted by Crippen LogP contribution is -1.95. The van der Waals surface area contributed by atoms with Gasteiger partial charge in [0.1, 0.15) is 5.69 Å². The van der Waals surface area contributed by atoms with Crippen molar-refractivity contribution in [2.24, 2.45) is 7.05 Å². The predicted octanol–water partition coefficient (Wildman–Crippen LogP) is 1.11. The second kappa shape index (κ2) is 2.19. The molecule has 1 saturated carbocycles. The molecule has 1 aliphatic carbocycles. The summed E-state index contributed by atoms with van der Waals surface area (Å²) in [5, 5.41) is 4.23. The maximum atomic E-state index is 10.4. The summed E-state index contributed by atoms with van der Waals surface area (Å²) in [6.07, 6.45) is 3.31. The number of rotatable bonds is 2. The number of carbonyl (C=O) groups excluding carboxylic acids is 1. The van der Waals surface area contributed by atoms with Crippen LogP contribution in [0.3, 0.4) is 0 Å². The zero-order chi connectivity index (χ0) is 7.84. The average molecular weight is 150 g/mol. The molecule has 0 N–H and O–H groups in total. The van der Waals surface area contributed by atoms with Gasteiger partial charge in [-0.2, -0.15) is 5.10 Å². The van der Waals surface area contributed by atoms with Crippen molar-refractivity contribution in [2.45, 2.75) is 18.8 Å². The minimum absolute atomic E-state index is 0.634. The van der Waals surface area contributed by atoms with Crippen molar-refractivity contribution in [3.8, 4) is 0 Å². The van der Waals surface area contributed by atoms with Crippen molar-refractivity contribution >= 4 is 6.29 Å². The summed E-state index contributed by atoms with van der Waals surface area (Å²) < 4.78 is 1.64. The largest absolute Gasteiger partial charge is 0.296 e. The van der Waals surface area contributed by atoms with Crippen LogP contribution in [0.5, 0.6) is 0 Å². The van der Waals surface area contributed by atoms with E-state index >= 15 is 0 Å². The fourth-order valence-electron chi connectivity index (χ4n) is 1.19. The summed E-state index contributed by atoms with van der Waals surface area (Å²) in [5.74, 6) is 0.634. The van der Waals surface area contributed by atoms with E-state index in [4.69, 9.17) is 0 Å². The van der Waals surface area contributed by atoms with Crippen LogP contribution in [-0.4, -0.2) is 16.1 Å². The minimum atomic E-state index is 0.634. The lowest BCUT2D eigenvalue weighted by molar-refractivity contribution is 0.111. The lowest BCUT2D eigenvalue weighted by Gasteiger charge is -1.88. The Bertz CT molecular complexity index is 286. The van der Waals surface area contributed by atoms with Crippen LogP contribution in [0.4, 0.5) is 0 Å². The number of aldehydes is 1. The fourth-order valence-corrected chi connectivity index (χ4v) is 1.19. The molecule has 0 atom stereocenters. The number of aryl methyl sites for hydroxylation is 1. The number of hydrogen-bond acceptors (Lipinski definition) is 2. The lowest BCUT2D eigenvalue weighted by atomic mass is 10.3. The van der Waals surface area contributed by atoms with Gasteiger partial charge in [0.2, 0.25) is 0 Å². The Morgan fingerprint density at radius 2 is 2.45 bits per heavy atom. The van der Waals surface area contributed by atoms with Crippen molar-refractivity contribution in [2.75, 3.05) is 0 Å². The van der Waals surface area contributed by atoms with Crippen LogP contribution in [0.25, 0.3) is 0 Å². The van der Waals surface area contributed by atoms with Gasteiger partial charge in [-0.15, -0.1) is 0 Å². The van der Waals surface area contributed by atoms with Crippen molar-refractivity contribution in [1.29, 1.82) is 0 Å². The third-order valence-corrected chi connectivity index (χ3v) is 2.05. The molecular formula is C8H10N2O. The van der Waals surface area contributed by atoms with Crippen LogP contribution in [0, 0.1) is 0 Å². The molecule has 1 fully saturated rings. The molecule has 3 nitrogen and oxygen atoms in total. The van der Waals surface area contributed by atoms with Gasteiger partial charge in [-0.3, -0.25) is 9.48 Å². The molecule has 1 aromatic heterocycles. The predicted molar refractivity (Wildman–Crippen MR) is 40.6 cm³/mol. The molecule has 0 unspecified atom stereocenters. The van der Waals surface area contributed by atoms with Gasteiger partial charge in [-0.05, 0) is 18.9 Å². The average Bonchev–Trinajstić information content (AvgIpc) is 2.76. The Balaban J connectivity index is 2.35. The quantitative estimate of drug-likeness (QED) is 0.592. The summed E-state index contributed by atoms with van der Waals surface area (Å²) >= 11 is 0. The summed E-state index contributed by atoms with van der Waals surface area (Å²) in [5.41, 5.74) is 1.75. The van der Waals surface area contributed by atoms with Gasteiger partial charge in [0.25, 0.3) is 0 Å². The van der Waals surface area contributed by atoms with Crippen LogP contribution in [0.2, 0.25) is 0 Å². The highest BCUT2D eigenvalue weighted by Gasteiger charge is 2.26. The first-order chi connectivity index (χ1) is 5.31. The van der Waals surface area contributed by atoms with E-state index in [0.717, 1.165) is 12.0 Å². The molecule has 1 heterocycles. The third-order valence-electron chi connectivity index (χ3n) is 2.05. The number of carbonyl (C=O) groups is 1. The van der Waals surface area contributed by atoms with E-state index in [-0.39, 0.29) is 0 Å². The van der Waals surface area contributed by atoms with Crippen molar-refractivity contribution in [1.82, 2.24) is 9.78 Å². The first-order valence-electron chi connectivity index (χ1n) is 3.80. The van der Waals surface area contributed by atoms with E-state index < -0.39 is 0 Å². The normalized spacial score (nSPS) is 16.8. The Morgan fingerprint density at radius 1 is 1.73 bits per heavy atom. The molecule has 2 rings (SSSR count). The minimum Gasteiger partial charge on any atom is -0.296 e. The monoisotopic (exact) mass is 150 g/mol. The first-order valence-corrected chi connectivity index (χ1v) is 3.80. The second-order valence-corrected chi connectivity index (χ2v) is 3.01. The smallest absolute Gasteiger partial charge is 0.168 e. The Morgan fingerprint density at radius 3 is 2.91 bits per heavy atom. The molecule has 1 aliphatic rings. The first kappa shape index (κ1) is 6.58. The van der Waals surface area contributed by atoms with Gasteiger partial charge in [0.05, 0.1) is 5.69 Å². The van der Waals surface area contributed by atoms with E-state index in [1.807, 2.05) is 6.07 Å². The fraction of sp³-hybridized carbons (Fsp3) is 0.500. The zero-order valence-electron chi connectivity index (χ0n) is 6.45. The number of aromatic nitrogens is 2. The molecule has 0 amide bonds. The molecule has 11 heavy (non-hydrogen) atoms. The molecule has 3 heteroatoms. The molecule has 0 radical (unpaired) electrons. The summed E-state index contributed by atoms with van der Waals surface area (Å²) in [4.78, 5) is 10.4. The van der Waals surface area contributed by atoms with Crippen molar-refractivity contribution in [3.63, 3.8) is 0 Å². The number of nitrogens with zero attached hydrogens (tertiary/aromatic N) is 2. The Labute approximate surface area is 65.0 Å². The number of hydrogen-bond donors (Lipinski definition) is 0. The van der Waals surface area contributed by atoms with Crippen LogP contribution in [0.15, 0.2) is 6.07 Å². The Hall–Kier alpha value is -1.12. The van der Waals surface area contributed by atoms with Gasteiger partial charge in [-0.25, -0.2) is 0 Å². The summed E-state index contributed by atoms with van der Waals surface area (Å²) in [6.45, 7) is 0. The van der Waals surface area contributed by atoms with E-state index in [1.54, 1.807) is 11.7 Å². The molecule has 0 spiro atoms. The summed E-state index contributed by atoms with van der Waals surface area (Å²) in [6, 6.07) is 1.88. The van der Waals surface area contributed by atoms with E-state index in [9.17, 15) is 4.79 Å². The van der Waals surface area contributed by atoms with Gasteiger partial charge in [0.15, 0.2) is 6.29 Å². The van der Waals surface area contributed by atoms with Gasteiger partial charge < -0.3 is 0 Å². The molecule has 0 saturated heterocycles. The van der Waals surface area contributed by atoms with Gasteiger partial charge in [-0.1, -0.05) is 0 Å². The topological polar surface area (TPSA) is 34.9 Å². The SMILES string of the molecule is Cn1nc(C2CC2)cc1C=O. The summed E-state index contributed by atoms with van der Waals surface area (Å²) in [7, 11) is 1.80. The Kier molecular flexibility index (Phi) is 1.31.